The lowest BCUT2D eigenvalue weighted by molar-refractivity contribution is -0.134. The van der Waals surface area contributed by atoms with E-state index >= 15 is 0 Å². The van der Waals surface area contributed by atoms with Crippen LogP contribution in [0.5, 0.6) is 0 Å². The molecule has 5 nitrogen and oxygen atoms in total. The van der Waals surface area contributed by atoms with Gasteiger partial charge in [-0.2, -0.15) is 16.5 Å². The first kappa shape index (κ1) is 24.7. The van der Waals surface area contributed by atoms with Crippen LogP contribution < -0.4 is 4.72 Å². The lowest BCUT2D eigenvalue weighted by Crippen LogP contribution is -2.51. The van der Waals surface area contributed by atoms with Crippen LogP contribution in [0.2, 0.25) is 0 Å². The molecule has 1 unspecified atom stereocenters. The number of nitrogens with zero attached hydrogens (tertiary/aromatic N) is 1. The summed E-state index contributed by atoms with van der Waals surface area (Å²) in [5, 5.41) is 0. The maximum absolute atomic E-state index is 14.0. The molecule has 0 aliphatic carbocycles. The van der Waals surface area contributed by atoms with Crippen LogP contribution in [0.15, 0.2) is 53.4 Å². The van der Waals surface area contributed by atoms with E-state index in [1.54, 1.807) is 11.0 Å². The Labute approximate surface area is 192 Å². The number of thioether (sulfide) groups is 1. The molecule has 1 amide bonds. The molecule has 1 atom stereocenters. The van der Waals surface area contributed by atoms with Gasteiger partial charge in [-0.05, 0) is 73.4 Å². The van der Waals surface area contributed by atoms with E-state index in [2.05, 4.69) is 4.72 Å². The van der Waals surface area contributed by atoms with Gasteiger partial charge in [0.15, 0.2) is 0 Å². The summed E-state index contributed by atoms with van der Waals surface area (Å²) < 4.78 is 55.4. The summed E-state index contributed by atoms with van der Waals surface area (Å²) in [6, 6.07) is 10.7. The van der Waals surface area contributed by atoms with Crippen LogP contribution in [-0.2, 0) is 21.2 Å². The molecular formula is C23H28F2N2O3S2. The second-order valence-electron chi connectivity index (χ2n) is 7.99. The summed E-state index contributed by atoms with van der Waals surface area (Å²) in [5.74, 6) is -0.474. The minimum Gasteiger partial charge on any atom is -0.341 e. The van der Waals surface area contributed by atoms with Gasteiger partial charge in [-0.25, -0.2) is 17.2 Å². The maximum atomic E-state index is 14.0. The summed E-state index contributed by atoms with van der Waals surface area (Å²) >= 11 is 1.51. The van der Waals surface area contributed by atoms with E-state index in [1.807, 2.05) is 12.3 Å². The minimum atomic E-state index is -4.18. The lowest BCUT2D eigenvalue weighted by Gasteiger charge is -2.34. The van der Waals surface area contributed by atoms with Crippen molar-refractivity contribution < 1.29 is 22.0 Å². The number of carbonyl (C=O) groups is 1. The van der Waals surface area contributed by atoms with E-state index in [0.717, 1.165) is 30.9 Å². The maximum Gasteiger partial charge on any atom is 0.244 e. The normalized spacial score (nSPS) is 16.2. The highest BCUT2D eigenvalue weighted by atomic mass is 32.2. The summed E-state index contributed by atoms with van der Waals surface area (Å²) in [7, 11) is -4.18. The number of carbonyl (C=O) groups excluding carboxylic acids is 1. The highest BCUT2D eigenvalue weighted by Gasteiger charge is 2.32. The number of rotatable bonds is 9. The average molecular weight is 483 g/mol. The van der Waals surface area contributed by atoms with E-state index in [1.165, 1.54) is 42.1 Å². The number of likely N-dealkylation sites (tertiary alicyclic amines) is 1. The van der Waals surface area contributed by atoms with Crippen LogP contribution in [0.25, 0.3) is 0 Å². The van der Waals surface area contributed by atoms with Gasteiger partial charge in [-0.1, -0.05) is 24.3 Å². The predicted octanol–water partition coefficient (Wildman–Crippen LogP) is 3.85. The van der Waals surface area contributed by atoms with Crippen molar-refractivity contribution in [2.45, 2.75) is 36.6 Å². The largest absolute Gasteiger partial charge is 0.341 e. The standard InChI is InChI=1S/C23H28F2N2O3S2/c1-31-14-11-21(26-32(29,30)22-8-3-2-7-20(22)25)23(28)27-12-9-17(10-13-27)15-18-5-4-6-19(24)16-18/h2-8,16-17,21,26H,9-15H2,1H3. The van der Waals surface area contributed by atoms with E-state index in [4.69, 9.17) is 0 Å². The molecule has 2 aromatic rings. The number of halogens is 2. The lowest BCUT2D eigenvalue weighted by atomic mass is 9.90. The number of piperidine rings is 1. The Bertz CT molecular complexity index is 1030. The van der Waals surface area contributed by atoms with Gasteiger partial charge in [0, 0.05) is 13.1 Å². The van der Waals surface area contributed by atoms with Gasteiger partial charge in [0.25, 0.3) is 0 Å². The molecule has 0 spiro atoms. The molecule has 1 saturated heterocycles. The molecule has 1 N–H and O–H groups in total. The van der Waals surface area contributed by atoms with Crippen molar-refractivity contribution in [1.29, 1.82) is 0 Å². The van der Waals surface area contributed by atoms with Crippen molar-refractivity contribution in [3.63, 3.8) is 0 Å². The summed E-state index contributed by atoms with van der Waals surface area (Å²) in [5.41, 5.74) is 0.935. The Kier molecular flexibility index (Phi) is 8.67. The Hall–Kier alpha value is -1.97. The van der Waals surface area contributed by atoms with Crippen molar-refractivity contribution >= 4 is 27.7 Å². The Morgan fingerprint density at radius 3 is 2.53 bits per heavy atom. The molecule has 1 aliphatic rings. The molecule has 0 radical (unpaired) electrons. The smallest absolute Gasteiger partial charge is 0.244 e. The second-order valence-corrected chi connectivity index (χ2v) is 10.7. The van der Waals surface area contributed by atoms with Gasteiger partial charge in [0.2, 0.25) is 15.9 Å². The highest BCUT2D eigenvalue weighted by Crippen LogP contribution is 2.23. The molecule has 32 heavy (non-hydrogen) atoms. The van der Waals surface area contributed by atoms with Crippen LogP contribution >= 0.6 is 11.8 Å². The second kappa shape index (κ2) is 11.2. The fourth-order valence-electron chi connectivity index (χ4n) is 3.96. The number of amides is 1. The number of nitrogens with one attached hydrogen (secondary N) is 1. The van der Waals surface area contributed by atoms with Crippen LogP contribution in [0.4, 0.5) is 8.78 Å². The van der Waals surface area contributed by atoms with Crippen LogP contribution in [-0.4, -0.2) is 50.4 Å². The quantitative estimate of drug-likeness (QED) is 0.590. The third-order valence-electron chi connectivity index (χ3n) is 5.67. The molecule has 174 valence electrons. The first-order chi connectivity index (χ1) is 15.3. The van der Waals surface area contributed by atoms with E-state index < -0.39 is 26.8 Å². The molecule has 3 rings (SSSR count). The number of hydrogen-bond donors (Lipinski definition) is 1. The zero-order valence-corrected chi connectivity index (χ0v) is 19.6. The minimum absolute atomic E-state index is 0.256. The van der Waals surface area contributed by atoms with Crippen molar-refractivity contribution in [3.05, 3.63) is 65.7 Å². The average Bonchev–Trinajstić information content (AvgIpc) is 2.77. The predicted molar refractivity (Wildman–Crippen MR) is 123 cm³/mol. The van der Waals surface area contributed by atoms with Gasteiger partial charge in [-0.3, -0.25) is 4.79 Å². The van der Waals surface area contributed by atoms with E-state index in [9.17, 15) is 22.0 Å². The highest BCUT2D eigenvalue weighted by molar-refractivity contribution is 7.98. The van der Waals surface area contributed by atoms with Crippen molar-refractivity contribution in [2.75, 3.05) is 25.1 Å². The van der Waals surface area contributed by atoms with Gasteiger partial charge in [0.1, 0.15) is 22.6 Å². The van der Waals surface area contributed by atoms with Gasteiger partial charge in [-0.15, -0.1) is 0 Å². The number of hydrogen-bond acceptors (Lipinski definition) is 4. The fourth-order valence-corrected chi connectivity index (χ4v) is 5.73. The Morgan fingerprint density at radius 1 is 1.16 bits per heavy atom. The third kappa shape index (κ3) is 6.52. The molecule has 1 fully saturated rings. The molecule has 0 bridgehead atoms. The van der Waals surface area contributed by atoms with E-state index in [-0.39, 0.29) is 11.7 Å². The molecular weight excluding hydrogens is 454 g/mol. The Balaban J connectivity index is 1.64. The zero-order chi connectivity index (χ0) is 23.1. The molecule has 9 heteroatoms. The number of sulfonamides is 1. The first-order valence-corrected chi connectivity index (χ1v) is 13.5. The van der Waals surface area contributed by atoms with Crippen LogP contribution in [0.3, 0.4) is 0 Å². The van der Waals surface area contributed by atoms with Crippen LogP contribution in [0.1, 0.15) is 24.8 Å². The van der Waals surface area contributed by atoms with Gasteiger partial charge < -0.3 is 4.90 Å². The number of benzene rings is 2. The molecule has 2 aromatic carbocycles. The van der Waals surface area contributed by atoms with E-state index in [0.29, 0.717) is 31.2 Å². The first-order valence-electron chi connectivity index (χ1n) is 10.6. The molecule has 1 aliphatic heterocycles. The molecule has 0 aromatic heterocycles. The van der Waals surface area contributed by atoms with Gasteiger partial charge >= 0.3 is 0 Å². The van der Waals surface area contributed by atoms with Crippen molar-refractivity contribution in [3.8, 4) is 0 Å². The monoisotopic (exact) mass is 482 g/mol. The summed E-state index contributed by atoms with van der Waals surface area (Å²) in [6.07, 6.45) is 4.46. The Morgan fingerprint density at radius 2 is 1.88 bits per heavy atom. The fraction of sp³-hybridized carbons (Fsp3) is 0.435. The summed E-state index contributed by atoms with van der Waals surface area (Å²) in [4.78, 5) is 14.4. The summed E-state index contributed by atoms with van der Waals surface area (Å²) in [6.45, 7) is 1.02. The van der Waals surface area contributed by atoms with Crippen molar-refractivity contribution in [1.82, 2.24) is 9.62 Å². The third-order valence-corrected chi connectivity index (χ3v) is 7.82. The zero-order valence-electron chi connectivity index (χ0n) is 18.0. The topological polar surface area (TPSA) is 66.5 Å². The molecule has 1 heterocycles. The van der Waals surface area contributed by atoms with Crippen LogP contribution in [0, 0.1) is 17.6 Å². The van der Waals surface area contributed by atoms with Gasteiger partial charge in [0.05, 0.1) is 0 Å². The van der Waals surface area contributed by atoms with Crippen molar-refractivity contribution in [2.24, 2.45) is 5.92 Å². The molecule has 0 saturated carbocycles. The SMILES string of the molecule is CSCCC(NS(=O)(=O)c1ccccc1F)C(=O)N1CCC(Cc2cccc(F)c2)CC1.